The molecule has 1 N–H and O–H groups in total. The highest BCUT2D eigenvalue weighted by Crippen LogP contribution is 2.28. The molecule has 0 spiro atoms. The summed E-state index contributed by atoms with van der Waals surface area (Å²) in [5.74, 6) is -1.04. The van der Waals surface area contributed by atoms with Crippen LogP contribution in [-0.2, 0) is 11.3 Å². The van der Waals surface area contributed by atoms with Crippen LogP contribution in [0.4, 0.5) is 0 Å². The van der Waals surface area contributed by atoms with E-state index in [1.54, 1.807) is 48.6 Å². The highest BCUT2D eigenvalue weighted by molar-refractivity contribution is 8.00. The summed E-state index contributed by atoms with van der Waals surface area (Å²) in [6.45, 7) is 2.03. The van der Waals surface area contributed by atoms with E-state index < -0.39 is 11.2 Å². The number of carboxylic acid groups (broad SMARTS) is 1. The molecule has 1 atom stereocenters. The van der Waals surface area contributed by atoms with Crippen LogP contribution in [0.5, 0.6) is 0 Å². The lowest BCUT2D eigenvalue weighted by Crippen LogP contribution is -2.27. The van der Waals surface area contributed by atoms with Gasteiger partial charge in [0.15, 0.2) is 0 Å². The number of benzene rings is 1. The van der Waals surface area contributed by atoms with Crippen LogP contribution in [0.2, 0.25) is 0 Å². The maximum absolute atomic E-state index is 12.6. The quantitative estimate of drug-likeness (QED) is 0.821. The maximum Gasteiger partial charge on any atom is 0.316 e. The fraction of sp³-hybridized carbons (Fsp3) is 0.267. The molecule has 1 aromatic carbocycles. The first-order chi connectivity index (χ1) is 10.5. The van der Waals surface area contributed by atoms with Crippen molar-refractivity contribution >= 4 is 35.0 Å². The monoisotopic (exact) mass is 336 g/mol. The lowest BCUT2D eigenvalue weighted by molar-refractivity contribution is -0.136. The van der Waals surface area contributed by atoms with Crippen LogP contribution in [0, 0.1) is 0 Å². The summed E-state index contributed by atoms with van der Waals surface area (Å²) in [5.41, 5.74) is 3.08. The summed E-state index contributed by atoms with van der Waals surface area (Å²) in [6.07, 6.45) is 0. The Morgan fingerprint density at radius 3 is 2.77 bits per heavy atom. The molecule has 7 heteroatoms. The van der Waals surface area contributed by atoms with Gasteiger partial charge in [0.25, 0.3) is 5.91 Å². The molecule has 0 saturated carbocycles. The van der Waals surface area contributed by atoms with E-state index in [0.29, 0.717) is 17.0 Å². The SMILES string of the molecule is CC(Sc1ccccc1C(=O)N(C)Cc1cscn1)C(=O)O. The lowest BCUT2D eigenvalue weighted by Gasteiger charge is -2.18. The van der Waals surface area contributed by atoms with Crippen molar-refractivity contribution in [3.05, 3.63) is 46.4 Å². The van der Waals surface area contributed by atoms with E-state index in [4.69, 9.17) is 5.11 Å². The zero-order valence-electron chi connectivity index (χ0n) is 12.2. The number of carbonyl (C=O) groups is 2. The van der Waals surface area contributed by atoms with Crippen LogP contribution < -0.4 is 0 Å². The van der Waals surface area contributed by atoms with Gasteiger partial charge < -0.3 is 10.0 Å². The van der Waals surface area contributed by atoms with E-state index in [1.807, 2.05) is 5.38 Å². The number of amides is 1. The van der Waals surface area contributed by atoms with Crippen molar-refractivity contribution in [1.82, 2.24) is 9.88 Å². The maximum atomic E-state index is 12.6. The van der Waals surface area contributed by atoms with Gasteiger partial charge in [0.2, 0.25) is 0 Å². The van der Waals surface area contributed by atoms with E-state index in [1.165, 1.54) is 23.1 Å². The second-order valence-corrected chi connectivity index (χ2v) is 6.84. The van der Waals surface area contributed by atoms with Crippen LogP contribution in [0.25, 0.3) is 0 Å². The third kappa shape index (κ3) is 4.08. The van der Waals surface area contributed by atoms with Gasteiger partial charge in [-0.25, -0.2) is 4.98 Å². The number of aliphatic carboxylic acids is 1. The van der Waals surface area contributed by atoms with Gasteiger partial charge in [-0.3, -0.25) is 9.59 Å². The van der Waals surface area contributed by atoms with Crippen LogP contribution in [0.15, 0.2) is 40.1 Å². The van der Waals surface area contributed by atoms with Gasteiger partial charge in [-0.15, -0.1) is 23.1 Å². The number of thioether (sulfide) groups is 1. The van der Waals surface area contributed by atoms with Gasteiger partial charge >= 0.3 is 5.97 Å². The average Bonchev–Trinajstić information content (AvgIpc) is 2.99. The normalized spacial score (nSPS) is 11.9. The number of carbonyl (C=O) groups excluding carboxylic acids is 1. The molecule has 2 aromatic rings. The summed E-state index contributed by atoms with van der Waals surface area (Å²) in [4.78, 5) is 30.0. The number of hydrogen-bond acceptors (Lipinski definition) is 5. The van der Waals surface area contributed by atoms with Crippen molar-refractivity contribution in [1.29, 1.82) is 0 Å². The molecule has 0 saturated heterocycles. The standard InChI is InChI=1S/C15H16N2O3S2/c1-10(15(19)20)22-13-6-4-3-5-12(13)14(18)17(2)7-11-8-21-9-16-11/h3-6,8-10H,7H2,1-2H3,(H,19,20). The molecule has 1 unspecified atom stereocenters. The molecule has 0 aliphatic rings. The molecule has 0 aliphatic heterocycles. The van der Waals surface area contributed by atoms with Gasteiger partial charge in [0.05, 0.1) is 23.3 Å². The first kappa shape index (κ1) is 16.5. The highest BCUT2D eigenvalue weighted by atomic mass is 32.2. The van der Waals surface area contributed by atoms with Gasteiger partial charge in [0.1, 0.15) is 5.25 Å². The molecule has 0 bridgehead atoms. The molecule has 116 valence electrons. The Labute approximate surface area is 137 Å². The fourth-order valence-electron chi connectivity index (χ4n) is 1.82. The van der Waals surface area contributed by atoms with Crippen molar-refractivity contribution in [2.24, 2.45) is 0 Å². The topological polar surface area (TPSA) is 70.5 Å². The molecular weight excluding hydrogens is 320 g/mol. The van der Waals surface area contributed by atoms with Crippen molar-refractivity contribution in [2.45, 2.75) is 23.6 Å². The predicted molar refractivity (Wildman–Crippen MR) is 87.3 cm³/mol. The molecular formula is C15H16N2O3S2. The second kappa shape index (κ2) is 7.42. The Morgan fingerprint density at radius 2 is 2.14 bits per heavy atom. The first-order valence-electron chi connectivity index (χ1n) is 6.60. The molecule has 22 heavy (non-hydrogen) atoms. The minimum atomic E-state index is -0.900. The van der Waals surface area contributed by atoms with Gasteiger partial charge in [0, 0.05) is 17.3 Å². The highest BCUT2D eigenvalue weighted by Gasteiger charge is 2.20. The van der Waals surface area contributed by atoms with Crippen molar-refractivity contribution in [2.75, 3.05) is 7.05 Å². The summed E-state index contributed by atoms with van der Waals surface area (Å²) < 4.78 is 0. The third-order valence-corrected chi connectivity index (χ3v) is 4.80. The zero-order chi connectivity index (χ0) is 16.1. The van der Waals surface area contributed by atoms with Gasteiger partial charge in [-0.2, -0.15) is 0 Å². The van der Waals surface area contributed by atoms with Crippen molar-refractivity contribution < 1.29 is 14.7 Å². The van der Waals surface area contributed by atoms with Crippen molar-refractivity contribution in [3.8, 4) is 0 Å². The molecule has 1 aromatic heterocycles. The number of rotatable bonds is 6. The smallest absolute Gasteiger partial charge is 0.316 e. The van der Waals surface area contributed by atoms with Crippen LogP contribution in [0.3, 0.4) is 0 Å². The molecule has 1 amide bonds. The fourth-order valence-corrected chi connectivity index (χ4v) is 3.29. The second-order valence-electron chi connectivity index (χ2n) is 4.74. The number of thiazole rings is 1. The Bertz CT molecular complexity index is 659. The summed E-state index contributed by atoms with van der Waals surface area (Å²) >= 11 is 2.66. The Kier molecular flexibility index (Phi) is 5.57. The Morgan fingerprint density at radius 1 is 1.41 bits per heavy atom. The van der Waals surface area contributed by atoms with Crippen LogP contribution in [-0.4, -0.2) is 39.2 Å². The average molecular weight is 336 g/mol. The predicted octanol–water partition coefficient (Wildman–Crippen LogP) is 2.98. The van der Waals surface area contributed by atoms with Crippen LogP contribution in [0.1, 0.15) is 23.0 Å². The largest absolute Gasteiger partial charge is 0.480 e. The summed E-state index contributed by atoms with van der Waals surface area (Å²) in [7, 11) is 1.71. The van der Waals surface area contributed by atoms with E-state index in [9.17, 15) is 9.59 Å². The Balaban J connectivity index is 2.16. The number of aromatic nitrogens is 1. The van der Waals surface area contributed by atoms with E-state index in [0.717, 1.165) is 5.69 Å². The van der Waals surface area contributed by atoms with Crippen LogP contribution >= 0.6 is 23.1 Å². The molecule has 0 fully saturated rings. The molecule has 0 radical (unpaired) electrons. The molecule has 0 aliphatic carbocycles. The van der Waals surface area contributed by atoms with Gasteiger partial charge in [-0.1, -0.05) is 12.1 Å². The molecule has 5 nitrogen and oxygen atoms in total. The van der Waals surface area contributed by atoms with Crippen molar-refractivity contribution in [3.63, 3.8) is 0 Å². The zero-order valence-corrected chi connectivity index (χ0v) is 13.9. The van der Waals surface area contributed by atoms with Gasteiger partial charge in [-0.05, 0) is 19.1 Å². The van der Waals surface area contributed by atoms with E-state index in [2.05, 4.69) is 4.98 Å². The summed E-state index contributed by atoms with van der Waals surface area (Å²) in [6, 6.07) is 7.07. The minimum absolute atomic E-state index is 0.145. The first-order valence-corrected chi connectivity index (χ1v) is 8.42. The Hall–Kier alpha value is -1.86. The number of nitrogens with zero attached hydrogens (tertiary/aromatic N) is 2. The minimum Gasteiger partial charge on any atom is -0.480 e. The number of hydrogen-bond donors (Lipinski definition) is 1. The number of carboxylic acids is 1. The molecule has 2 rings (SSSR count). The lowest BCUT2D eigenvalue weighted by atomic mass is 10.2. The molecule has 1 heterocycles. The summed E-state index contributed by atoms with van der Waals surface area (Å²) in [5, 5.41) is 10.3. The van der Waals surface area contributed by atoms with E-state index >= 15 is 0 Å². The van der Waals surface area contributed by atoms with E-state index in [-0.39, 0.29) is 5.91 Å². The third-order valence-electron chi connectivity index (χ3n) is 3.00.